The first-order valence-corrected chi connectivity index (χ1v) is 8.66. The molecule has 1 aliphatic rings. The summed E-state index contributed by atoms with van der Waals surface area (Å²) in [6.07, 6.45) is 2.23. The van der Waals surface area contributed by atoms with Gasteiger partial charge in [0.25, 0.3) is 0 Å². The highest BCUT2D eigenvalue weighted by Gasteiger charge is 2.32. The molecule has 2 aromatic carbocycles. The van der Waals surface area contributed by atoms with Gasteiger partial charge in [-0.05, 0) is 29.7 Å². The van der Waals surface area contributed by atoms with Gasteiger partial charge in [0, 0.05) is 18.8 Å². The number of nitrogens with zero attached hydrogens (tertiary/aromatic N) is 2. The molecule has 0 fully saturated rings. The largest absolute Gasteiger partial charge is 0.368 e. The maximum absolute atomic E-state index is 13.0. The monoisotopic (exact) mass is 349 g/mol. The fourth-order valence-corrected chi connectivity index (χ4v) is 3.37. The number of fused-ring (bicyclic) bond motifs is 1. The van der Waals surface area contributed by atoms with Crippen molar-refractivity contribution in [2.45, 2.75) is 19.0 Å². The lowest BCUT2D eigenvalue weighted by atomic mass is 9.93. The number of carbonyl (C=O) groups is 2. The van der Waals surface area contributed by atoms with Gasteiger partial charge in [-0.1, -0.05) is 48.5 Å². The summed E-state index contributed by atoms with van der Waals surface area (Å²) in [4.78, 5) is 28.5. The van der Waals surface area contributed by atoms with Gasteiger partial charge < -0.3 is 10.6 Å². The molecular formula is C21H23N3O2. The first-order chi connectivity index (χ1) is 12.6. The van der Waals surface area contributed by atoms with Gasteiger partial charge in [0.1, 0.15) is 0 Å². The molecule has 0 saturated heterocycles. The lowest BCUT2D eigenvalue weighted by Gasteiger charge is -2.35. The Balaban J connectivity index is 1.82. The molecule has 1 atom stereocenters. The molecular weight excluding hydrogens is 326 g/mol. The molecule has 0 saturated carbocycles. The topological polar surface area (TPSA) is 66.6 Å². The molecule has 2 N–H and O–H groups in total. The third kappa shape index (κ3) is 3.83. The molecule has 134 valence electrons. The standard InChI is InChI=1S/C21H23N3O2/c1-2-12-24(18-10-4-3-5-11-18)20(25)15-23-14-17-9-7-6-8-16(17)13-19(23)21(22)26/h2-11,19H,1,12-15H2,(H2,22,26)/t19-/m1/s1. The molecule has 0 spiro atoms. The maximum atomic E-state index is 13.0. The highest BCUT2D eigenvalue weighted by molar-refractivity contribution is 5.95. The second-order valence-corrected chi connectivity index (χ2v) is 6.42. The molecule has 1 heterocycles. The quantitative estimate of drug-likeness (QED) is 0.813. The van der Waals surface area contributed by atoms with Gasteiger partial charge in [0.2, 0.25) is 11.8 Å². The number of nitrogens with two attached hydrogens (primary N) is 1. The van der Waals surface area contributed by atoms with Gasteiger partial charge in [-0.25, -0.2) is 0 Å². The van der Waals surface area contributed by atoms with Crippen LogP contribution < -0.4 is 10.6 Å². The fourth-order valence-electron chi connectivity index (χ4n) is 3.37. The second-order valence-electron chi connectivity index (χ2n) is 6.42. The number of primary amides is 1. The van der Waals surface area contributed by atoms with Gasteiger partial charge in [0.05, 0.1) is 12.6 Å². The van der Waals surface area contributed by atoms with E-state index in [2.05, 4.69) is 6.58 Å². The Morgan fingerprint density at radius 2 is 1.77 bits per heavy atom. The fraction of sp³-hybridized carbons (Fsp3) is 0.238. The first-order valence-electron chi connectivity index (χ1n) is 8.66. The summed E-state index contributed by atoms with van der Waals surface area (Å²) in [5, 5.41) is 0. The first kappa shape index (κ1) is 17.9. The summed E-state index contributed by atoms with van der Waals surface area (Å²) >= 11 is 0. The number of carbonyl (C=O) groups excluding carboxylic acids is 2. The summed E-state index contributed by atoms with van der Waals surface area (Å²) in [7, 11) is 0. The lowest BCUT2D eigenvalue weighted by molar-refractivity contribution is -0.126. The van der Waals surface area contributed by atoms with Crippen molar-refractivity contribution in [3.05, 3.63) is 78.4 Å². The Hall–Kier alpha value is -2.92. The van der Waals surface area contributed by atoms with E-state index >= 15 is 0 Å². The van der Waals surface area contributed by atoms with Crippen molar-refractivity contribution in [3.63, 3.8) is 0 Å². The van der Waals surface area contributed by atoms with E-state index in [9.17, 15) is 9.59 Å². The molecule has 2 aromatic rings. The minimum atomic E-state index is -0.477. The Labute approximate surface area is 153 Å². The van der Waals surface area contributed by atoms with Crippen LogP contribution in [0.2, 0.25) is 0 Å². The van der Waals surface area contributed by atoms with E-state index in [1.165, 1.54) is 0 Å². The Morgan fingerprint density at radius 3 is 2.42 bits per heavy atom. The van der Waals surface area contributed by atoms with Crippen molar-refractivity contribution >= 4 is 17.5 Å². The van der Waals surface area contributed by atoms with Crippen LogP contribution in [0.4, 0.5) is 5.69 Å². The number of hydrogen-bond acceptors (Lipinski definition) is 3. The van der Waals surface area contributed by atoms with E-state index in [1.54, 1.807) is 11.0 Å². The van der Waals surface area contributed by atoms with Crippen molar-refractivity contribution in [2.75, 3.05) is 18.0 Å². The van der Waals surface area contributed by atoms with E-state index in [-0.39, 0.29) is 12.5 Å². The van der Waals surface area contributed by atoms with Gasteiger partial charge in [-0.3, -0.25) is 14.5 Å². The molecule has 1 aliphatic heterocycles. The van der Waals surface area contributed by atoms with E-state index in [0.29, 0.717) is 19.5 Å². The van der Waals surface area contributed by atoms with Gasteiger partial charge in [0.15, 0.2) is 0 Å². The summed E-state index contributed by atoms with van der Waals surface area (Å²) in [5.41, 5.74) is 8.67. The summed E-state index contributed by atoms with van der Waals surface area (Å²) in [6, 6.07) is 17.0. The Bertz CT molecular complexity index is 804. The van der Waals surface area contributed by atoms with Crippen LogP contribution in [0.25, 0.3) is 0 Å². The third-order valence-corrected chi connectivity index (χ3v) is 4.69. The number of amides is 2. The molecule has 5 nitrogen and oxygen atoms in total. The number of benzene rings is 2. The molecule has 5 heteroatoms. The molecule has 3 rings (SSSR count). The van der Waals surface area contributed by atoms with Gasteiger partial charge >= 0.3 is 0 Å². The average molecular weight is 349 g/mol. The number of para-hydroxylation sites is 1. The van der Waals surface area contributed by atoms with E-state index in [0.717, 1.165) is 16.8 Å². The van der Waals surface area contributed by atoms with Gasteiger partial charge in [-0.15, -0.1) is 6.58 Å². The minimum Gasteiger partial charge on any atom is -0.368 e. The zero-order chi connectivity index (χ0) is 18.5. The van der Waals surface area contributed by atoms with Crippen molar-refractivity contribution in [1.29, 1.82) is 0 Å². The lowest BCUT2D eigenvalue weighted by Crippen LogP contribution is -2.52. The van der Waals surface area contributed by atoms with Crippen LogP contribution >= 0.6 is 0 Å². The van der Waals surface area contributed by atoms with Crippen LogP contribution in [0.15, 0.2) is 67.3 Å². The van der Waals surface area contributed by atoms with Crippen LogP contribution in [-0.2, 0) is 22.6 Å². The van der Waals surface area contributed by atoms with E-state index in [1.807, 2.05) is 59.5 Å². The summed E-state index contributed by atoms with van der Waals surface area (Å²) in [6.45, 7) is 4.82. The number of hydrogen-bond donors (Lipinski definition) is 1. The zero-order valence-electron chi connectivity index (χ0n) is 14.7. The highest BCUT2D eigenvalue weighted by Crippen LogP contribution is 2.24. The Morgan fingerprint density at radius 1 is 1.12 bits per heavy atom. The van der Waals surface area contributed by atoms with Crippen molar-refractivity contribution in [1.82, 2.24) is 4.90 Å². The summed E-state index contributed by atoms with van der Waals surface area (Å²) in [5.74, 6) is -0.482. The van der Waals surface area contributed by atoms with Crippen molar-refractivity contribution in [3.8, 4) is 0 Å². The van der Waals surface area contributed by atoms with Crippen LogP contribution in [0.5, 0.6) is 0 Å². The zero-order valence-corrected chi connectivity index (χ0v) is 14.7. The molecule has 0 bridgehead atoms. The normalized spacial score (nSPS) is 16.5. The van der Waals surface area contributed by atoms with Crippen LogP contribution in [0, 0.1) is 0 Å². The molecule has 0 aliphatic carbocycles. The smallest absolute Gasteiger partial charge is 0.241 e. The molecule has 0 radical (unpaired) electrons. The predicted molar refractivity (Wildman–Crippen MR) is 103 cm³/mol. The van der Waals surface area contributed by atoms with Crippen LogP contribution in [-0.4, -0.2) is 35.8 Å². The SMILES string of the molecule is C=CCN(C(=O)CN1Cc2ccccc2C[C@@H]1C(N)=O)c1ccccc1. The second kappa shape index (κ2) is 7.97. The summed E-state index contributed by atoms with van der Waals surface area (Å²) < 4.78 is 0. The Kier molecular flexibility index (Phi) is 5.49. The molecule has 2 amide bonds. The molecule has 0 unspecified atom stereocenters. The molecule has 26 heavy (non-hydrogen) atoms. The average Bonchev–Trinajstić information content (AvgIpc) is 2.66. The van der Waals surface area contributed by atoms with Gasteiger partial charge in [-0.2, -0.15) is 0 Å². The van der Waals surface area contributed by atoms with Crippen LogP contribution in [0.1, 0.15) is 11.1 Å². The van der Waals surface area contributed by atoms with E-state index in [4.69, 9.17) is 5.73 Å². The van der Waals surface area contributed by atoms with E-state index < -0.39 is 11.9 Å². The van der Waals surface area contributed by atoms with Crippen molar-refractivity contribution in [2.24, 2.45) is 5.73 Å². The number of anilines is 1. The van der Waals surface area contributed by atoms with Crippen LogP contribution in [0.3, 0.4) is 0 Å². The minimum absolute atomic E-state index is 0.0817. The highest BCUT2D eigenvalue weighted by atomic mass is 16.2. The number of rotatable bonds is 6. The molecule has 0 aromatic heterocycles. The third-order valence-electron chi connectivity index (χ3n) is 4.69. The predicted octanol–water partition coefficient (Wildman–Crippen LogP) is 2.12. The van der Waals surface area contributed by atoms with Crippen molar-refractivity contribution < 1.29 is 9.59 Å². The maximum Gasteiger partial charge on any atom is 0.241 e.